The second-order valence-corrected chi connectivity index (χ2v) is 7.20. The lowest BCUT2D eigenvalue weighted by Gasteiger charge is -2.46. The van der Waals surface area contributed by atoms with Crippen LogP contribution in [0.25, 0.3) is 0 Å². The Bertz CT molecular complexity index is 397. The predicted molar refractivity (Wildman–Crippen MR) is 87.0 cm³/mol. The highest BCUT2D eigenvalue weighted by molar-refractivity contribution is 5.15. The molecule has 2 heteroatoms. The van der Waals surface area contributed by atoms with E-state index in [9.17, 15) is 0 Å². The number of nitrogens with zero attached hydrogens (tertiary/aromatic N) is 1. The summed E-state index contributed by atoms with van der Waals surface area (Å²) >= 11 is 0. The molecule has 1 aromatic rings. The zero-order chi connectivity index (χ0) is 14.6. The van der Waals surface area contributed by atoms with Gasteiger partial charge in [-0.15, -0.1) is 0 Å². The highest BCUT2D eigenvalue weighted by atomic mass is 15.3. The molecule has 1 aliphatic rings. The molecule has 1 fully saturated rings. The fourth-order valence-corrected chi connectivity index (χ4v) is 3.11. The maximum Gasteiger partial charge on any atom is 0.0278 e. The van der Waals surface area contributed by atoms with E-state index in [0.717, 1.165) is 25.4 Å². The van der Waals surface area contributed by atoms with Crippen molar-refractivity contribution in [2.45, 2.75) is 52.1 Å². The van der Waals surface area contributed by atoms with E-state index in [1.807, 2.05) is 0 Å². The molecule has 0 aliphatic carbocycles. The molecule has 0 bridgehead atoms. The van der Waals surface area contributed by atoms with Crippen LogP contribution in [0.5, 0.6) is 0 Å². The van der Waals surface area contributed by atoms with Crippen LogP contribution in [0, 0.1) is 5.92 Å². The van der Waals surface area contributed by atoms with Crippen molar-refractivity contribution >= 4 is 0 Å². The first-order valence-electron chi connectivity index (χ1n) is 8.00. The van der Waals surface area contributed by atoms with E-state index in [-0.39, 0.29) is 5.54 Å². The van der Waals surface area contributed by atoms with Crippen molar-refractivity contribution in [3.63, 3.8) is 0 Å². The van der Waals surface area contributed by atoms with Gasteiger partial charge in [0.05, 0.1) is 0 Å². The van der Waals surface area contributed by atoms with Gasteiger partial charge in [0, 0.05) is 31.2 Å². The van der Waals surface area contributed by atoms with Crippen molar-refractivity contribution < 1.29 is 0 Å². The summed E-state index contributed by atoms with van der Waals surface area (Å²) in [5, 5.41) is 3.73. The van der Waals surface area contributed by atoms with E-state index in [0.29, 0.717) is 6.04 Å². The minimum atomic E-state index is 0.266. The van der Waals surface area contributed by atoms with Crippen LogP contribution in [-0.4, -0.2) is 36.1 Å². The summed E-state index contributed by atoms with van der Waals surface area (Å²) in [7, 11) is 0. The minimum Gasteiger partial charge on any atom is -0.311 e. The van der Waals surface area contributed by atoms with Crippen LogP contribution in [0.15, 0.2) is 30.3 Å². The average molecular weight is 274 g/mol. The highest BCUT2D eigenvalue weighted by Crippen LogP contribution is 2.21. The van der Waals surface area contributed by atoms with Crippen LogP contribution in [0.1, 0.15) is 39.7 Å². The lowest BCUT2D eigenvalue weighted by Crippen LogP contribution is -2.62. The molecule has 20 heavy (non-hydrogen) atoms. The van der Waals surface area contributed by atoms with Gasteiger partial charge >= 0.3 is 0 Å². The first kappa shape index (κ1) is 15.5. The Morgan fingerprint density at radius 3 is 2.60 bits per heavy atom. The van der Waals surface area contributed by atoms with Gasteiger partial charge in [0.15, 0.2) is 0 Å². The molecule has 112 valence electrons. The van der Waals surface area contributed by atoms with Crippen molar-refractivity contribution in [3.8, 4) is 0 Å². The molecule has 2 nitrogen and oxygen atoms in total. The lowest BCUT2D eigenvalue weighted by molar-refractivity contribution is 0.0621. The summed E-state index contributed by atoms with van der Waals surface area (Å²) in [4.78, 5) is 2.67. The van der Waals surface area contributed by atoms with Gasteiger partial charge in [0.1, 0.15) is 0 Å². The number of hydrogen-bond acceptors (Lipinski definition) is 2. The molecular weight excluding hydrogens is 244 g/mol. The molecule has 0 amide bonds. The summed E-state index contributed by atoms with van der Waals surface area (Å²) in [5.74, 6) is 0.768. The standard InChI is InChI=1S/C18H30N2/c1-15(2)12-17-13-20(18(3,4)14-19-17)11-10-16-8-6-5-7-9-16/h5-9,15,17,19H,10-14H2,1-4H3. The first-order chi connectivity index (χ1) is 9.47. The van der Waals surface area contributed by atoms with Crippen molar-refractivity contribution in [3.05, 3.63) is 35.9 Å². The van der Waals surface area contributed by atoms with Crippen molar-refractivity contribution in [2.75, 3.05) is 19.6 Å². The summed E-state index contributed by atoms with van der Waals surface area (Å²) in [5.41, 5.74) is 1.71. The van der Waals surface area contributed by atoms with Gasteiger partial charge < -0.3 is 5.32 Å². The monoisotopic (exact) mass is 274 g/mol. The van der Waals surface area contributed by atoms with Gasteiger partial charge in [0.25, 0.3) is 0 Å². The smallest absolute Gasteiger partial charge is 0.0278 e. The van der Waals surface area contributed by atoms with Crippen LogP contribution in [0.4, 0.5) is 0 Å². The first-order valence-corrected chi connectivity index (χ1v) is 8.00. The second-order valence-electron chi connectivity index (χ2n) is 7.20. The Kier molecular flexibility index (Phi) is 5.22. The van der Waals surface area contributed by atoms with Crippen LogP contribution < -0.4 is 5.32 Å². The second kappa shape index (κ2) is 6.73. The molecule has 0 spiro atoms. The third kappa shape index (κ3) is 4.32. The van der Waals surface area contributed by atoms with E-state index in [1.165, 1.54) is 18.5 Å². The maximum atomic E-state index is 3.73. The van der Waals surface area contributed by atoms with Gasteiger partial charge in [-0.05, 0) is 38.2 Å². The van der Waals surface area contributed by atoms with Crippen LogP contribution in [0.2, 0.25) is 0 Å². The third-order valence-electron chi connectivity index (χ3n) is 4.39. The summed E-state index contributed by atoms with van der Waals surface area (Å²) in [6, 6.07) is 11.5. The van der Waals surface area contributed by atoms with E-state index in [4.69, 9.17) is 0 Å². The maximum absolute atomic E-state index is 3.73. The van der Waals surface area contributed by atoms with Gasteiger partial charge in [-0.3, -0.25) is 4.90 Å². The third-order valence-corrected chi connectivity index (χ3v) is 4.39. The van der Waals surface area contributed by atoms with Crippen molar-refractivity contribution in [1.29, 1.82) is 0 Å². The molecule has 0 saturated carbocycles. The van der Waals surface area contributed by atoms with Gasteiger partial charge in [0.2, 0.25) is 0 Å². The Hall–Kier alpha value is -0.860. The Labute approximate surface area is 124 Å². The van der Waals surface area contributed by atoms with Gasteiger partial charge in [-0.25, -0.2) is 0 Å². The van der Waals surface area contributed by atoms with E-state index in [2.05, 4.69) is 68.2 Å². The predicted octanol–water partition coefficient (Wildman–Crippen LogP) is 3.33. The lowest BCUT2D eigenvalue weighted by atomic mass is 9.93. The number of hydrogen-bond donors (Lipinski definition) is 1. The van der Waals surface area contributed by atoms with Crippen LogP contribution in [-0.2, 0) is 6.42 Å². The summed E-state index contributed by atoms with van der Waals surface area (Å²) < 4.78 is 0. The molecule has 0 radical (unpaired) electrons. The Balaban J connectivity index is 1.92. The Morgan fingerprint density at radius 2 is 1.95 bits per heavy atom. The van der Waals surface area contributed by atoms with Gasteiger partial charge in [-0.2, -0.15) is 0 Å². The molecule has 1 aliphatic heterocycles. The molecule has 1 unspecified atom stereocenters. The van der Waals surface area contributed by atoms with Crippen LogP contribution in [0.3, 0.4) is 0 Å². The summed E-state index contributed by atoms with van der Waals surface area (Å²) in [6.45, 7) is 12.8. The average Bonchev–Trinajstić information content (AvgIpc) is 2.40. The van der Waals surface area contributed by atoms with E-state index in [1.54, 1.807) is 0 Å². The molecule has 1 aromatic carbocycles. The largest absolute Gasteiger partial charge is 0.311 e. The molecule has 1 heterocycles. The normalized spacial score (nSPS) is 23.1. The quantitative estimate of drug-likeness (QED) is 0.886. The molecule has 0 aromatic heterocycles. The molecule has 2 rings (SSSR count). The molecule has 1 saturated heterocycles. The fraction of sp³-hybridized carbons (Fsp3) is 0.667. The molecule has 1 N–H and O–H groups in total. The number of rotatable bonds is 5. The molecular formula is C18H30N2. The zero-order valence-corrected chi connectivity index (χ0v) is 13.5. The minimum absolute atomic E-state index is 0.266. The van der Waals surface area contributed by atoms with Gasteiger partial charge in [-0.1, -0.05) is 44.2 Å². The number of nitrogens with one attached hydrogen (secondary N) is 1. The topological polar surface area (TPSA) is 15.3 Å². The number of benzene rings is 1. The number of piperazine rings is 1. The summed E-state index contributed by atoms with van der Waals surface area (Å²) in [6.07, 6.45) is 2.43. The van der Waals surface area contributed by atoms with Crippen LogP contribution >= 0.6 is 0 Å². The highest BCUT2D eigenvalue weighted by Gasteiger charge is 2.33. The van der Waals surface area contributed by atoms with E-state index < -0.39 is 0 Å². The Morgan fingerprint density at radius 1 is 1.25 bits per heavy atom. The molecule has 1 atom stereocenters. The zero-order valence-electron chi connectivity index (χ0n) is 13.5. The van der Waals surface area contributed by atoms with Crippen molar-refractivity contribution in [2.24, 2.45) is 5.92 Å². The SMILES string of the molecule is CC(C)CC1CN(CCc2ccccc2)C(C)(C)CN1. The van der Waals surface area contributed by atoms with Crippen molar-refractivity contribution in [1.82, 2.24) is 10.2 Å². The fourth-order valence-electron chi connectivity index (χ4n) is 3.11. The van der Waals surface area contributed by atoms with E-state index >= 15 is 0 Å².